The van der Waals surface area contributed by atoms with Crippen LogP contribution in [0.25, 0.3) is 22.0 Å². The van der Waals surface area contributed by atoms with Gasteiger partial charge in [0.25, 0.3) is 0 Å². The summed E-state index contributed by atoms with van der Waals surface area (Å²) in [5.41, 5.74) is 2.77. The van der Waals surface area contributed by atoms with Crippen LogP contribution in [-0.2, 0) is 18.3 Å². The van der Waals surface area contributed by atoms with E-state index in [1.54, 1.807) is 10.9 Å². The van der Waals surface area contributed by atoms with E-state index in [1.165, 1.54) is 0 Å². The molecule has 0 saturated carbocycles. The molecule has 1 saturated heterocycles. The lowest BCUT2D eigenvalue weighted by Gasteiger charge is -2.30. The average Bonchev–Trinajstić information content (AvgIpc) is 3.14. The van der Waals surface area contributed by atoms with E-state index in [9.17, 15) is 9.18 Å². The number of hydrogen-bond donors (Lipinski definition) is 0. The summed E-state index contributed by atoms with van der Waals surface area (Å²) >= 11 is 0. The summed E-state index contributed by atoms with van der Waals surface area (Å²) in [5, 5.41) is 10.0. The average molecular weight is 381 g/mol. The van der Waals surface area contributed by atoms with Gasteiger partial charge >= 0.3 is 0 Å². The number of likely N-dealkylation sites (tertiary alicyclic amines) is 1. The summed E-state index contributed by atoms with van der Waals surface area (Å²) in [7, 11) is 1.86. The Bertz CT molecular complexity index is 978. The van der Waals surface area contributed by atoms with E-state index in [0.29, 0.717) is 13.0 Å². The molecular formula is C21H24FN5O. The summed E-state index contributed by atoms with van der Waals surface area (Å²) in [6, 6.07) is 8.13. The first-order chi connectivity index (χ1) is 13.6. The zero-order valence-corrected chi connectivity index (χ0v) is 16.0. The number of carbonyl (C=O) groups is 1. The number of carbonyl (C=O) groups excluding carboxylic acids is 1. The molecular weight excluding hydrogens is 357 g/mol. The summed E-state index contributed by atoms with van der Waals surface area (Å²) in [4.78, 5) is 19.3. The number of aromatic nitrogens is 4. The van der Waals surface area contributed by atoms with Gasteiger partial charge in [0.05, 0.1) is 11.9 Å². The number of fused-ring (bicyclic) bond motifs is 1. The Morgan fingerprint density at radius 2 is 2.00 bits per heavy atom. The lowest BCUT2D eigenvalue weighted by atomic mass is 9.90. The minimum absolute atomic E-state index is 0.0557. The minimum atomic E-state index is -0.323. The van der Waals surface area contributed by atoms with Gasteiger partial charge in [-0.05, 0) is 43.5 Å². The third-order valence-corrected chi connectivity index (χ3v) is 5.59. The van der Waals surface area contributed by atoms with Gasteiger partial charge in [-0.15, -0.1) is 5.10 Å². The molecule has 3 aromatic rings. The normalized spacial score (nSPS) is 15.9. The number of rotatable bonds is 6. The molecule has 28 heavy (non-hydrogen) atoms. The molecule has 2 aromatic heterocycles. The molecule has 3 heterocycles. The monoisotopic (exact) mass is 381 g/mol. The molecule has 4 rings (SSSR count). The van der Waals surface area contributed by atoms with Gasteiger partial charge in [0.2, 0.25) is 0 Å². The van der Waals surface area contributed by atoms with E-state index < -0.39 is 0 Å². The number of halogens is 1. The Labute approximate surface area is 163 Å². The Hall–Kier alpha value is -2.67. The Balaban J connectivity index is 1.48. The third-order valence-electron chi connectivity index (χ3n) is 5.59. The van der Waals surface area contributed by atoms with Crippen LogP contribution in [0.1, 0.15) is 18.5 Å². The van der Waals surface area contributed by atoms with Gasteiger partial charge in [0.15, 0.2) is 0 Å². The molecule has 0 N–H and O–H groups in total. The van der Waals surface area contributed by atoms with Crippen LogP contribution in [0.15, 0.2) is 36.7 Å². The Kier molecular flexibility index (Phi) is 5.43. The lowest BCUT2D eigenvalue weighted by molar-refractivity contribution is -0.123. The molecule has 6 nitrogen and oxygen atoms in total. The van der Waals surface area contributed by atoms with Crippen LogP contribution in [0.2, 0.25) is 0 Å². The highest BCUT2D eigenvalue weighted by molar-refractivity contribution is 5.88. The van der Waals surface area contributed by atoms with Crippen molar-refractivity contribution in [3.63, 3.8) is 0 Å². The maximum Gasteiger partial charge on any atom is 0.142 e. The molecule has 1 aliphatic rings. The van der Waals surface area contributed by atoms with Crippen molar-refractivity contribution < 1.29 is 9.18 Å². The molecule has 1 aromatic carbocycles. The Morgan fingerprint density at radius 1 is 1.18 bits per heavy atom. The quantitative estimate of drug-likeness (QED) is 0.657. The molecule has 0 atom stereocenters. The SMILES string of the molecule is Cn1nncc1-c1ccc2cnc(CC(=O)C3CCN(CCF)CC3)cc2c1. The van der Waals surface area contributed by atoms with Crippen molar-refractivity contribution in [2.45, 2.75) is 19.3 Å². The molecule has 0 unspecified atom stereocenters. The van der Waals surface area contributed by atoms with Gasteiger partial charge < -0.3 is 4.90 Å². The van der Waals surface area contributed by atoms with Crippen LogP contribution < -0.4 is 0 Å². The molecule has 1 aliphatic heterocycles. The second-order valence-corrected chi connectivity index (χ2v) is 7.43. The number of alkyl halides is 1. The first-order valence-electron chi connectivity index (χ1n) is 9.69. The standard InChI is InChI=1S/C21H24FN5O/c1-26-20(14-24-25-26)16-2-3-17-13-23-19(11-18(17)10-16)12-21(28)15-4-7-27(8-5-15)9-6-22/h2-3,10-11,13-15H,4-9,12H2,1H3. The van der Waals surface area contributed by atoms with E-state index in [-0.39, 0.29) is 18.4 Å². The van der Waals surface area contributed by atoms with Gasteiger partial charge in [-0.1, -0.05) is 17.3 Å². The van der Waals surface area contributed by atoms with Gasteiger partial charge in [0.1, 0.15) is 12.5 Å². The molecule has 1 fully saturated rings. The van der Waals surface area contributed by atoms with Crippen LogP contribution >= 0.6 is 0 Å². The largest absolute Gasteiger partial charge is 0.301 e. The number of ketones is 1. The number of hydrogen-bond acceptors (Lipinski definition) is 5. The molecule has 7 heteroatoms. The lowest BCUT2D eigenvalue weighted by Crippen LogP contribution is -2.37. The van der Waals surface area contributed by atoms with Crippen molar-refractivity contribution in [2.75, 3.05) is 26.3 Å². The van der Waals surface area contributed by atoms with Crippen molar-refractivity contribution in [2.24, 2.45) is 13.0 Å². The smallest absolute Gasteiger partial charge is 0.142 e. The Morgan fingerprint density at radius 3 is 2.71 bits per heavy atom. The second-order valence-electron chi connectivity index (χ2n) is 7.43. The molecule has 0 radical (unpaired) electrons. The van der Waals surface area contributed by atoms with Crippen LogP contribution in [0, 0.1) is 5.92 Å². The van der Waals surface area contributed by atoms with Gasteiger partial charge in [-0.3, -0.25) is 9.78 Å². The van der Waals surface area contributed by atoms with E-state index in [1.807, 2.05) is 31.4 Å². The fourth-order valence-corrected chi connectivity index (χ4v) is 3.91. The predicted molar refractivity (Wildman–Crippen MR) is 106 cm³/mol. The van der Waals surface area contributed by atoms with Crippen LogP contribution in [0.5, 0.6) is 0 Å². The van der Waals surface area contributed by atoms with Gasteiger partial charge in [-0.2, -0.15) is 0 Å². The summed E-state index contributed by atoms with van der Waals surface area (Å²) in [6.45, 7) is 1.75. The number of piperidine rings is 1. The van der Waals surface area contributed by atoms with Gasteiger partial charge in [-0.25, -0.2) is 9.07 Å². The fourth-order valence-electron chi connectivity index (χ4n) is 3.91. The molecule has 146 valence electrons. The molecule has 0 amide bonds. The van der Waals surface area contributed by atoms with E-state index in [2.05, 4.69) is 26.3 Å². The van der Waals surface area contributed by atoms with Crippen molar-refractivity contribution >= 4 is 16.6 Å². The highest BCUT2D eigenvalue weighted by atomic mass is 19.1. The highest BCUT2D eigenvalue weighted by Crippen LogP contribution is 2.25. The van der Waals surface area contributed by atoms with Crippen LogP contribution in [0.4, 0.5) is 4.39 Å². The molecule has 0 spiro atoms. The second kappa shape index (κ2) is 8.14. The van der Waals surface area contributed by atoms with E-state index >= 15 is 0 Å². The first kappa shape index (κ1) is 18.7. The minimum Gasteiger partial charge on any atom is -0.301 e. The first-order valence-corrected chi connectivity index (χ1v) is 9.69. The summed E-state index contributed by atoms with van der Waals surface area (Å²) in [5.74, 6) is 0.291. The van der Waals surface area contributed by atoms with Gasteiger partial charge in [0, 0.05) is 48.8 Å². The zero-order chi connectivity index (χ0) is 19.5. The molecule has 0 bridgehead atoms. The maximum atomic E-state index is 12.7. The van der Waals surface area contributed by atoms with E-state index in [4.69, 9.17) is 0 Å². The van der Waals surface area contributed by atoms with Crippen molar-refractivity contribution in [3.8, 4) is 11.3 Å². The number of nitrogens with zero attached hydrogens (tertiary/aromatic N) is 5. The van der Waals surface area contributed by atoms with Crippen molar-refractivity contribution in [1.29, 1.82) is 0 Å². The zero-order valence-electron chi connectivity index (χ0n) is 16.0. The summed E-state index contributed by atoms with van der Waals surface area (Å²) in [6.07, 6.45) is 5.53. The van der Waals surface area contributed by atoms with Crippen molar-refractivity contribution in [1.82, 2.24) is 24.9 Å². The predicted octanol–water partition coefficient (Wildman–Crippen LogP) is 2.82. The number of pyridine rings is 1. The highest BCUT2D eigenvalue weighted by Gasteiger charge is 2.25. The van der Waals surface area contributed by atoms with Crippen LogP contribution in [-0.4, -0.2) is 57.0 Å². The van der Waals surface area contributed by atoms with E-state index in [0.717, 1.165) is 53.7 Å². The maximum absolute atomic E-state index is 12.7. The third kappa shape index (κ3) is 3.94. The number of benzene rings is 1. The van der Waals surface area contributed by atoms with Crippen LogP contribution in [0.3, 0.4) is 0 Å². The summed E-state index contributed by atoms with van der Waals surface area (Å²) < 4.78 is 14.2. The molecule has 0 aliphatic carbocycles. The fraction of sp³-hybridized carbons (Fsp3) is 0.429. The number of aryl methyl sites for hydroxylation is 1. The topological polar surface area (TPSA) is 63.9 Å². The van der Waals surface area contributed by atoms with Crippen molar-refractivity contribution in [3.05, 3.63) is 42.4 Å². The number of Topliss-reactive ketones (excluding diaryl/α,β-unsaturated/α-hetero) is 1.